The van der Waals surface area contributed by atoms with E-state index in [0.29, 0.717) is 17.9 Å². The van der Waals surface area contributed by atoms with Crippen LogP contribution in [-0.2, 0) is 22.6 Å². The van der Waals surface area contributed by atoms with Crippen molar-refractivity contribution >= 4 is 17.9 Å². The number of fused-ring (bicyclic) bond motifs is 1. The fraction of sp³-hybridized carbons (Fsp3) is 0.371. The number of piperazine rings is 1. The largest absolute Gasteiger partial charge is 0.482 e. The number of benzene rings is 3. The average Bonchev–Trinajstić information content (AvgIpc) is 3.00. The van der Waals surface area contributed by atoms with Crippen molar-refractivity contribution in [3.8, 4) is 0 Å². The first-order valence-electron chi connectivity index (χ1n) is 14.9. The number of hydrogen-bond donors (Lipinski definition) is 0. The second kappa shape index (κ2) is 12.3. The summed E-state index contributed by atoms with van der Waals surface area (Å²) in [4.78, 5) is 33.2. The molecule has 1 aliphatic carbocycles. The lowest BCUT2D eigenvalue weighted by Gasteiger charge is -2.44. The quantitative estimate of drug-likeness (QED) is 0.372. The smallest absolute Gasteiger partial charge is 0.289 e. The first kappa shape index (κ1) is 27.3. The van der Waals surface area contributed by atoms with Gasteiger partial charge >= 0.3 is 0 Å². The third-order valence-electron chi connectivity index (χ3n) is 8.62. The Hall–Kier alpha value is -3.90. The van der Waals surface area contributed by atoms with Crippen molar-refractivity contribution in [3.63, 3.8) is 0 Å². The van der Waals surface area contributed by atoms with Crippen LogP contribution in [0.2, 0.25) is 0 Å². The van der Waals surface area contributed by atoms with Crippen LogP contribution in [0.1, 0.15) is 58.3 Å². The molecule has 41 heavy (non-hydrogen) atoms. The van der Waals surface area contributed by atoms with Crippen LogP contribution in [0.15, 0.2) is 84.6 Å². The number of hydrogen-bond acceptors (Lipinski definition) is 4. The number of ether oxygens (including phenoxy) is 1. The van der Waals surface area contributed by atoms with Crippen LogP contribution in [0.3, 0.4) is 0 Å². The maximum atomic E-state index is 13.7. The van der Waals surface area contributed by atoms with E-state index >= 15 is 0 Å². The molecule has 2 aliphatic heterocycles. The molecule has 0 bridgehead atoms. The topological polar surface area (TPSA) is 53.1 Å². The monoisotopic (exact) mass is 549 g/mol. The number of rotatable bonds is 6. The molecular formula is C35H39N3O3. The first-order valence-corrected chi connectivity index (χ1v) is 14.9. The molecule has 0 spiro atoms. The molecule has 3 aromatic carbocycles. The molecule has 3 fully saturated rings. The number of carbonyl (C=O) groups excluding carboxylic acids is 2. The van der Waals surface area contributed by atoms with Crippen molar-refractivity contribution in [2.45, 2.75) is 57.8 Å². The fourth-order valence-electron chi connectivity index (χ4n) is 6.38. The van der Waals surface area contributed by atoms with Crippen LogP contribution in [-0.4, -0.2) is 64.8 Å². The Kier molecular flexibility index (Phi) is 8.19. The van der Waals surface area contributed by atoms with Gasteiger partial charge in [0.25, 0.3) is 11.8 Å². The fourth-order valence-corrected chi connectivity index (χ4v) is 6.38. The highest BCUT2D eigenvalue weighted by molar-refractivity contribution is 5.97. The summed E-state index contributed by atoms with van der Waals surface area (Å²) in [6, 6.07) is 26.5. The Labute approximate surface area is 243 Å². The first-order chi connectivity index (χ1) is 20.0. The van der Waals surface area contributed by atoms with Gasteiger partial charge in [0.05, 0.1) is 6.04 Å². The predicted octanol–water partition coefficient (Wildman–Crippen LogP) is 5.66. The van der Waals surface area contributed by atoms with Gasteiger partial charge in [0.2, 0.25) is 0 Å². The minimum atomic E-state index is -0.0526. The number of amides is 2. The predicted molar refractivity (Wildman–Crippen MR) is 161 cm³/mol. The van der Waals surface area contributed by atoms with Crippen LogP contribution in [0.25, 0.3) is 6.08 Å². The van der Waals surface area contributed by atoms with E-state index in [1.807, 2.05) is 46.2 Å². The van der Waals surface area contributed by atoms with Crippen molar-refractivity contribution in [1.29, 1.82) is 0 Å². The highest BCUT2D eigenvalue weighted by Crippen LogP contribution is 2.34. The summed E-state index contributed by atoms with van der Waals surface area (Å²) < 4.78 is 6.31. The second-order valence-electron chi connectivity index (χ2n) is 11.6. The lowest BCUT2D eigenvalue weighted by molar-refractivity contribution is -0.149. The van der Waals surface area contributed by atoms with Crippen LogP contribution in [0.4, 0.5) is 0 Å². The van der Waals surface area contributed by atoms with Crippen LogP contribution in [0.5, 0.6) is 0 Å². The van der Waals surface area contributed by atoms with E-state index in [2.05, 4.69) is 60.4 Å². The molecule has 1 saturated carbocycles. The molecule has 2 amide bonds. The van der Waals surface area contributed by atoms with E-state index in [4.69, 9.17) is 4.74 Å². The van der Waals surface area contributed by atoms with E-state index in [9.17, 15) is 9.59 Å². The molecule has 0 N–H and O–H groups in total. The van der Waals surface area contributed by atoms with E-state index in [0.717, 1.165) is 69.5 Å². The summed E-state index contributed by atoms with van der Waals surface area (Å²) in [5, 5.41) is 0. The van der Waals surface area contributed by atoms with Gasteiger partial charge in [-0.3, -0.25) is 14.5 Å². The molecule has 3 aliphatic rings. The maximum Gasteiger partial charge on any atom is 0.289 e. The Morgan fingerprint density at radius 3 is 2.34 bits per heavy atom. The summed E-state index contributed by atoms with van der Waals surface area (Å²) in [6.07, 6.45) is 6.06. The molecule has 6 nitrogen and oxygen atoms in total. The Morgan fingerprint density at radius 2 is 1.59 bits per heavy atom. The molecule has 2 saturated heterocycles. The molecule has 3 aromatic rings. The lowest BCUT2D eigenvalue weighted by Crippen LogP contribution is -2.54. The van der Waals surface area contributed by atoms with Gasteiger partial charge in [-0.25, -0.2) is 0 Å². The van der Waals surface area contributed by atoms with Crippen molar-refractivity contribution in [1.82, 2.24) is 14.7 Å². The van der Waals surface area contributed by atoms with Crippen molar-refractivity contribution in [2.24, 2.45) is 0 Å². The van der Waals surface area contributed by atoms with E-state index in [-0.39, 0.29) is 24.0 Å². The van der Waals surface area contributed by atoms with Gasteiger partial charge in [-0.1, -0.05) is 78.7 Å². The van der Waals surface area contributed by atoms with Gasteiger partial charge in [0.15, 0.2) is 5.76 Å². The highest BCUT2D eigenvalue weighted by atomic mass is 16.5. The normalized spacial score (nSPS) is 22.4. The standard InChI is InChI=1S/C35H39N3O3/c1-26-8-7-11-29(22-26)25-38-31-12-5-6-13-32(31)41-33(35(38)40)23-27-14-16-30(17-15-27)34(39)37-20-18-36(19-21-37)24-28-9-3-2-4-10-28/h2-4,7-11,14-17,22-23,31-32H,5-6,12-13,18-21,24-25H2,1H3/b33-23+. The van der Waals surface area contributed by atoms with Crippen molar-refractivity contribution in [2.75, 3.05) is 26.2 Å². The SMILES string of the molecule is Cc1cccc(CN2C(=O)/C(=C\c3ccc(C(=O)N4CCN(Cc5ccccc5)CC4)cc3)OC3CCCCC32)c1. The van der Waals surface area contributed by atoms with Gasteiger partial charge in [-0.05, 0) is 61.1 Å². The summed E-state index contributed by atoms with van der Waals surface area (Å²) >= 11 is 0. The third-order valence-corrected chi connectivity index (χ3v) is 8.62. The third kappa shape index (κ3) is 6.38. The summed E-state index contributed by atoms with van der Waals surface area (Å²) in [5.41, 5.74) is 5.18. The van der Waals surface area contributed by atoms with Crippen molar-refractivity contribution in [3.05, 3.63) is 112 Å². The van der Waals surface area contributed by atoms with Gasteiger partial charge in [-0.2, -0.15) is 0 Å². The summed E-state index contributed by atoms with van der Waals surface area (Å²) in [7, 11) is 0. The van der Waals surface area contributed by atoms with Gasteiger partial charge < -0.3 is 14.5 Å². The minimum absolute atomic E-state index is 0.0268. The minimum Gasteiger partial charge on any atom is -0.482 e. The number of carbonyl (C=O) groups is 2. The zero-order valence-electron chi connectivity index (χ0n) is 23.9. The lowest BCUT2D eigenvalue weighted by atomic mass is 9.89. The van der Waals surface area contributed by atoms with E-state index in [1.165, 1.54) is 11.1 Å². The molecule has 6 heteroatoms. The zero-order chi connectivity index (χ0) is 28.2. The molecule has 2 heterocycles. The maximum absolute atomic E-state index is 13.7. The molecular weight excluding hydrogens is 510 g/mol. The van der Waals surface area contributed by atoms with Gasteiger partial charge in [0.1, 0.15) is 6.10 Å². The average molecular weight is 550 g/mol. The Bertz CT molecular complexity index is 1390. The van der Waals surface area contributed by atoms with E-state index < -0.39 is 0 Å². The van der Waals surface area contributed by atoms with E-state index in [1.54, 1.807) is 0 Å². The van der Waals surface area contributed by atoms with Gasteiger partial charge in [0, 0.05) is 44.8 Å². The van der Waals surface area contributed by atoms with Crippen LogP contribution in [0, 0.1) is 6.92 Å². The Balaban J connectivity index is 1.11. The Morgan fingerprint density at radius 1 is 0.854 bits per heavy atom. The number of aryl methyl sites for hydroxylation is 1. The molecule has 0 aromatic heterocycles. The highest BCUT2D eigenvalue weighted by Gasteiger charge is 2.41. The van der Waals surface area contributed by atoms with Crippen LogP contribution >= 0.6 is 0 Å². The van der Waals surface area contributed by atoms with Gasteiger partial charge in [-0.15, -0.1) is 0 Å². The molecule has 2 unspecified atom stereocenters. The van der Waals surface area contributed by atoms with Crippen molar-refractivity contribution < 1.29 is 14.3 Å². The second-order valence-corrected chi connectivity index (χ2v) is 11.6. The molecule has 2 atom stereocenters. The molecule has 212 valence electrons. The zero-order valence-corrected chi connectivity index (χ0v) is 23.9. The summed E-state index contributed by atoms with van der Waals surface area (Å²) in [5.74, 6) is 0.403. The van der Waals surface area contributed by atoms with Crippen LogP contribution < -0.4 is 0 Å². The number of nitrogens with zero attached hydrogens (tertiary/aromatic N) is 3. The number of morpholine rings is 1. The summed E-state index contributed by atoms with van der Waals surface area (Å²) in [6.45, 7) is 6.76. The molecule has 6 rings (SSSR count). The molecule has 0 radical (unpaired) electrons.